The van der Waals surface area contributed by atoms with Crippen LogP contribution in [0.15, 0.2) is 21.6 Å². The molecule has 8 heteroatoms. The van der Waals surface area contributed by atoms with Crippen LogP contribution in [-0.4, -0.2) is 37.8 Å². The number of carboxylic acid groups (broad SMARTS) is 1. The van der Waals surface area contributed by atoms with Crippen molar-refractivity contribution in [3.05, 3.63) is 17.9 Å². The lowest BCUT2D eigenvalue weighted by Crippen LogP contribution is -2.34. The summed E-state index contributed by atoms with van der Waals surface area (Å²) in [5.41, 5.74) is -0.321. The molecule has 0 aliphatic rings. The average molecular weight is 305 g/mol. The molecule has 1 heterocycles. The van der Waals surface area contributed by atoms with E-state index in [1.165, 1.54) is 0 Å². The van der Waals surface area contributed by atoms with Crippen LogP contribution in [0, 0.1) is 5.41 Å². The predicted octanol–water partition coefficient (Wildman–Crippen LogP) is 1.05. The molecule has 7 nitrogen and oxygen atoms in total. The molecule has 0 saturated heterocycles. The van der Waals surface area contributed by atoms with Gasteiger partial charge in [0.1, 0.15) is 0 Å². The van der Waals surface area contributed by atoms with Crippen molar-refractivity contribution in [2.45, 2.75) is 31.8 Å². The van der Waals surface area contributed by atoms with Gasteiger partial charge in [0.15, 0.2) is 0 Å². The minimum Gasteiger partial charge on any atom is -0.475 e. The van der Waals surface area contributed by atoms with E-state index in [-0.39, 0.29) is 18.6 Å². The summed E-state index contributed by atoms with van der Waals surface area (Å²) >= 11 is 0. The van der Waals surface area contributed by atoms with E-state index in [1.54, 1.807) is 0 Å². The molecule has 0 fully saturated rings. The van der Waals surface area contributed by atoms with Gasteiger partial charge in [-0.3, -0.25) is 0 Å². The van der Waals surface area contributed by atoms with Gasteiger partial charge in [-0.05, 0) is 30.4 Å². The molecule has 0 saturated carbocycles. The molecule has 3 N–H and O–H groups in total. The van der Waals surface area contributed by atoms with Crippen molar-refractivity contribution in [2.24, 2.45) is 5.41 Å². The summed E-state index contributed by atoms with van der Waals surface area (Å²) in [5.74, 6) is -1.75. The molecule has 0 aromatic carbocycles. The number of aliphatic hydroxyl groups is 1. The highest BCUT2D eigenvalue weighted by Crippen LogP contribution is 2.22. The molecule has 0 radical (unpaired) electrons. The van der Waals surface area contributed by atoms with Gasteiger partial charge in [0.05, 0.1) is 0 Å². The van der Waals surface area contributed by atoms with E-state index in [0.717, 1.165) is 12.1 Å². The van der Waals surface area contributed by atoms with Gasteiger partial charge in [-0.15, -0.1) is 0 Å². The number of nitrogens with one attached hydrogen (secondary N) is 1. The Kier molecular flexibility index (Phi) is 5.32. The molecule has 1 aromatic rings. The number of aliphatic hydroxyl groups excluding tert-OH is 1. The Balaban J connectivity index is 2.72. The summed E-state index contributed by atoms with van der Waals surface area (Å²) in [7, 11) is -3.87. The van der Waals surface area contributed by atoms with E-state index in [2.05, 4.69) is 4.72 Å². The molecular formula is C12H19NO6S. The number of furan rings is 1. The smallest absolute Gasteiger partial charge is 0.371 e. The lowest BCUT2D eigenvalue weighted by atomic mass is 9.88. The average Bonchev–Trinajstić information content (AvgIpc) is 2.85. The van der Waals surface area contributed by atoms with Crippen LogP contribution in [0.2, 0.25) is 0 Å². The van der Waals surface area contributed by atoms with E-state index in [0.29, 0.717) is 12.8 Å². The third-order valence-corrected chi connectivity index (χ3v) is 4.08. The maximum absolute atomic E-state index is 11.9. The number of aromatic carboxylic acids is 1. The zero-order valence-electron chi connectivity index (χ0n) is 11.4. The normalized spacial score (nSPS) is 12.6. The highest BCUT2D eigenvalue weighted by molar-refractivity contribution is 7.89. The summed E-state index contributed by atoms with van der Waals surface area (Å²) in [6, 6.07) is 2.19. The van der Waals surface area contributed by atoms with Gasteiger partial charge >= 0.3 is 5.97 Å². The maximum atomic E-state index is 11.9. The van der Waals surface area contributed by atoms with Crippen molar-refractivity contribution < 1.29 is 27.8 Å². The number of carbonyl (C=O) groups is 1. The van der Waals surface area contributed by atoms with Crippen LogP contribution >= 0.6 is 0 Å². The van der Waals surface area contributed by atoms with Gasteiger partial charge in [-0.25, -0.2) is 17.9 Å². The summed E-state index contributed by atoms with van der Waals surface area (Å²) in [6.45, 7) is 3.96. The van der Waals surface area contributed by atoms with Crippen LogP contribution in [0.3, 0.4) is 0 Å². The van der Waals surface area contributed by atoms with Gasteiger partial charge in [0, 0.05) is 13.2 Å². The van der Waals surface area contributed by atoms with Gasteiger partial charge < -0.3 is 14.6 Å². The first-order chi connectivity index (χ1) is 9.18. The molecule has 1 aromatic heterocycles. The molecule has 0 amide bonds. The second kappa shape index (κ2) is 6.38. The topological polar surface area (TPSA) is 117 Å². The molecule has 0 aliphatic carbocycles. The first kappa shape index (κ1) is 16.7. The lowest BCUT2D eigenvalue weighted by Gasteiger charge is -2.24. The van der Waals surface area contributed by atoms with Gasteiger partial charge in [-0.1, -0.05) is 13.8 Å². The largest absolute Gasteiger partial charge is 0.475 e. The Morgan fingerprint density at radius 3 is 2.55 bits per heavy atom. The predicted molar refractivity (Wildman–Crippen MR) is 71.0 cm³/mol. The standard InChI is InChI=1S/C12H19NO6S/c1-12(2,6-3-7-14)8-13-20(17,18)10-5-4-9(19-10)11(15)16/h4-5,13-14H,3,6-8H2,1-2H3,(H,15,16). The van der Waals surface area contributed by atoms with Crippen LogP contribution in [0.1, 0.15) is 37.2 Å². The van der Waals surface area contributed by atoms with Crippen molar-refractivity contribution in [1.29, 1.82) is 0 Å². The Labute approximate surface area is 117 Å². The molecule has 20 heavy (non-hydrogen) atoms. The van der Waals surface area contributed by atoms with Crippen LogP contribution in [-0.2, 0) is 10.0 Å². The van der Waals surface area contributed by atoms with Crippen molar-refractivity contribution in [2.75, 3.05) is 13.2 Å². The van der Waals surface area contributed by atoms with E-state index in [4.69, 9.17) is 14.6 Å². The molecule has 0 atom stereocenters. The molecule has 0 aliphatic heterocycles. The fourth-order valence-electron chi connectivity index (χ4n) is 1.59. The van der Waals surface area contributed by atoms with Crippen molar-refractivity contribution in [1.82, 2.24) is 4.72 Å². The number of hydrogen-bond acceptors (Lipinski definition) is 5. The summed E-state index contributed by atoms with van der Waals surface area (Å²) in [6.07, 6.45) is 1.24. The SMILES string of the molecule is CC(C)(CCCO)CNS(=O)(=O)c1ccc(C(=O)O)o1. The summed E-state index contributed by atoms with van der Waals surface area (Å²) in [4.78, 5) is 10.6. The number of carboxylic acids is 1. The monoisotopic (exact) mass is 305 g/mol. The first-order valence-corrected chi connectivity index (χ1v) is 7.60. The summed E-state index contributed by atoms with van der Waals surface area (Å²) in [5, 5.41) is 17.0. The van der Waals surface area contributed by atoms with E-state index in [1.807, 2.05) is 13.8 Å². The second-order valence-electron chi connectivity index (χ2n) is 5.24. The minimum absolute atomic E-state index is 0.0519. The quantitative estimate of drug-likeness (QED) is 0.661. The molecular weight excluding hydrogens is 286 g/mol. The second-order valence-corrected chi connectivity index (χ2v) is 6.94. The number of rotatable bonds is 8. The number of hydrogen-bond donors (Lipinski definition) is 3. The van der Waals surface area contributed by atoms with Gasteiger partial charge in [0.2, 0.25) is 10.9 Å². The fourth-order valence-corrected chi connectivity index (χ4v) is 2.76. The molecule has 0 unspecified atom stereocenters. The third kappa shape index (κ3) is 4.62. The minimum atomic E-state index is -3.87. The van der Waals surface area contributed by atoms with Gasteiger partial charge in [-0.2, -0.15) is 0 Å². The molecule has 0 spiro atoms. The molecule has 1 rings (SSSR count). The maximum Gasteiger partial charge on any atom is 0.371 e. The Morgan fingerprint density at radius 2 is 2.05 bits per heavy atom. The summed E-state index contributed by atoms with van der Waals surface area (Å²) < 4.78 is 31.0. The molecule has 114 valence electrons. The van der Waals surface area contributed by atoms with Crippen LogP contribution in [0.4, 0.5) is 0 Å². The Bertz CT molecular complexity index is 560. The Morgan fingerprint density at radius 1 is 1.40 bits per heavy atom. The van der Waals surface area contributed by atoms with E-state index >= 15 is 0 Å². The highest BCUT2D eigenvalue weighted by Gasteiger charge is 2.25. The Hall–Kier alpha value is -1.38. The zero-order chi connectivity index (χ0) is 15.4. The van der Waals surface area contributed by atoms with Crippen molar-refractivity contribution >= 4 is 16.0 Å². The number of sulfonamides is 1. The van der Waals surface area contributed by atoms with Crippen molar-refractivity contribution in [3.63, 3.8) is 0 Å². The van der Waals surface area contributed by atoms with Crippen LogP contribution in [0.5, 0.6) is 0 Å². The zero-order valence-corrected chi connectivity index (χ0v) is 12.2. The van der Waals surface area contributed by atoms with E-state index < -0.39 is 26.8 Å². The van der Waals surface area contributed by atoms with Crippen LogP contribution in [0.25, 0.3) is 0 Å². The highest BCUT2D eigenvalue weighted by atomic mass is 32.2. The molecule has 0 bridgehead atoms. The lowest BCUT2D eigenvalue weighted by molar-refractivity contribution is 0.0656. The van der Waals surface area contributed by atoms with Crippen LogP contribution < -0.4 is 4.72 Å². The van der Waals surface area contributed by atoms with E-state index in [9.17, 15) is 13.2 Å². The van der Waals surface area contributed by atoms with Gasteiger partial charge in [0.25, 0.3) is 10.0 Å². The fraction of sp³-hybridized carbons (Fsp3) is 0.583. The third-order valence-electron chi connectivity index (χ3n) is 2.81. The van der Waals surface area contributed by atoms with Crippen molar-refractivity contribution in [3.8, 4) is 0 Å². The first-order valence-electron chi connectivity index (χ1n) is 6.12.